The minimum absolute atomic E-state index is 0.157. The number of hydrogen-bond acceptors (Lipinski definition) is 5. The van der Waals surface area contributed by atoms with Gasteiger partial charge in [0, 0.05) is 0 Å². The fraction of sp³-hybridized carbons (Fsp3) is 0.118. The lowest BCUT2D eigenvalue weighted by molar-refractivity contribution is -0.115. The Kier molecular flexibility index (Phi) is 4.56. The van der Waals surface area contributed by atoms with E-state index in [1.165, 1.54) is 23.9 Å². The van der Waals surface area contributed by atoms with Gasteiger partial charge in [0.25, 0.3) is 0 Å². The van der Waals surface area contributed by atoms with Crippen LogP contribution in [-0.2, 0) is 4.79 Å². The third kappa shape index (κ3) is 3.15. The number of carbonyl (C=O) groups excluding carboxylic acids is 1. The fourth-order valence-electron chi connectivity index (χ4n) is 2.47. The Morgan fingerprint density at radius 1 is 1.31 bits per heavy atom. The highest BCUT2D eigenvalue weighted by atomic mass is 35.5. The van der Waals surface area contributed by atoms with Crippen LogP contribution in [0.4, 0.5) is 10.1 Å². The second-order valence-electron chi connectivity index (χ2n) is 5.54. The number of halogens is 2. The zero-order chi connectivity index (χ0) is 18.3. The quantitative estimate of drug-likeness (QED) is 0.492. The van der Waals surface area contributed by atoms with Gasteiger partial charge in [-0.1, -0.05) is 46.8 Å². The van der Waals surface area contributed by atoms with E-state index in [1.807, 2.05) is 28.7 Å². The first-order valence-corrected chi connectivity index (χ1v) is 9.75. The van der Waals surface area contributed by atoms with Gasteiger partial charge in [-0.3, -0.25) is 9.20 Å². The number of aromatic nitrogens is 3. The summed E-state index contributed by atoms with van der Waals surface area (Å²) in [4.78, 5) is 13.3. The molecule has 1 atom stereocenters. The summed E-state index contributed by atoms with van der Waals surface area (Å²) in [7, 11) is 0. The molecule has 26 heavy (non-hydrogen) atoms. The highest BCUT2D eigenvalue weighted by Crippen LogP contribution is 2.31. The molecule has 1 N–H and O–H groups in total. The van der Waals surface area contributed by atoms with Crippen molar-refractivity contribution in [2.24, 2.45) is 0 Å². The second-order valence-corrected chi connectivity index (χ2v) is 8.27. The molecule has 0 saturated heterocycles. The number of anilines is 1. The van der Waals surface area contributed by atoms with Gasteiger partial charge in [-0.2, -0.15) is 0 Å². The molecule has 0 saturated carbocycles. The van der Waals surface area contributed by atoms with Gasteiger partial charge in [-0.05, 0) is 37.3 Å². The minimum Gasteiger partial charge on any atom is -0.324 e. The fourth-order valence-corrected chi connectivity index (χ4v) is 4.57. The van der Waals surface area contributed by atoms with Gasteiger partial charge in [0.05, 0.1) is 26.2 Å². The average molecular weight is 407 g/mol. The number of thiazole rings is 1. The molecule has 0 radical (unpaired) electrons. The molecule has 0 aliphatic carbocycles. The summed E-state index contributed by atoms with van der Waals surface area (Å²) in [5.74, 6) is -0.703. The van der Waals surface area contributed by atoms with Crippen molar-refractivity contribution in [2.75, 3.05) is 5.32 Å². The number of rotatable bonds is 4. The normalized spacial score (nSPS) is 12.6. The van der Waals surface area contributed by atoms with Gasteiger partial charge in [0.1, 0.15) is 5.82 Å². The zero-order valence-corrected chi connectivity index (χ0v) is 15.8. The van der Waals surface area contributed by atoms with E-state index >= 15 is 0 Å². The smallest absolute Gasteiger partial charge is 0.237 e. The molecule has 0 fully saturated rings. The molecule has 0 bridgehead atoms. The summed E-state index contributed by atoms with van der Waals surface area (Å²) in [6, 6.07) is 11.8. The number of amides is 1. The predicted octanol–water partition coefficient (Wildman–Crippen LogP) is 4.86. The maximum Gasteiger partial charge on any atom is 0.237 e. The van der Waals surface area contributed by atoms with E-state index in [1.54, 1.807) is 18.3 Å². The lowest BCUT2D eigenvalue weighted by Gasteiger charge is -2.12. The van der Waals surface area contributed by atoms with Crippen molar-refractivity contribution >= 4 is 61.5 Å². The summed E-state index contributed by atoms with van der Waals surface area (Å²) < 4.78 is 16.2. The Labute approximate surface area is 161 Å². The largest absolute Gasteiger partial charge is 0.324 e. The topological polar surface area (TPSA) is 59.3 Å². The van der Waals surface area contributed by atoms with Gasteiger partial charge >= 0.3 is 0 Å². The molecule has 9 heteroatoms. The lowest BCUT2D eigenvalue weighted by Crippen LogP contribution is -2.22. The summed E-state index contributed by atoms with van der Waals surface area (Å²) in [6.45, 7) is 1.77. The first kappa shape index (κ1) is 17.3. The molecule has 132 valence electrons. The van der Waals surface area contributed by atoms with Gasteiger partial charge in [-0.25, -0.2) is 4.39 Å². The van der Waals surface area contributed by atoms with Crippen LogP contribution in [0.2, 0.25) is 5.02 Å². The van der Waals surface area contributed by atoms with Crippen molar-refractivity contribution in [2.45, 2.75) is 17.3 Å². The van der Waals surface area contributed by atoms with E-state index in [0.717, 1.165) is 21.2 Å². The van der Waals surface area contributed by atoms with Crippen LogP contribution >= 0.6 is 34.7 Å². The van der Waals surface area contributed by atoms with E-state index in [-0.39, 0.29) is 10.9 Å². The number of nitrogens with zero attached hydrogens (tertiary/aromatic N) is 3. The SMILES string of the molecule is CC(Sc1nnc2sc3ccccc3n12)C(=O)Nc1ccc(F)cc1Cl. The standard InChI is InChI=1S/C17H12ClFN4OS2/c1-9(15(24)20-12-7-6-10(19)8-11(12)18)25-16-21-22-17-23(16)13-4-2-3-5-14(13)26-17/h2-9H,1H3,(H,20,24). The summed E-state index contributed by atoms with van der Waals surface area (Å²) in [6.07, 6.45) is 0. The van der Waals surface area contributed by atoms with Gasteiger partial charge in [-0.15, -0.1) is 10.2 Å². The van der Waals surface area contributed by atoms with E-state index in [2.05, 4.69) is 15.5 Å². The maximum atomic E-state index is 13.1. The molecule has 2 aromatic carbocycles. The Morgan fingerprint density at radius 2 is 2.12 bits per heavy atom. The van der Waals surface area contributed by atoms with Crippen LogP contribution in [-0.4, -0.2) is 25.8 Å². The molecule has 0 spiro atoms. The third-order valence-electron chi connectivity index (χ3n) is 3.75. The maximum absolute atomic E-state index is 13.1. The number of carbonyl (C=O) groups is 1. The van der Waals surface area contributed by atoms with Gasteiger partial charge in [0.2, 0.25) is 10.9 Å². The molecule has 2 heterocycles. The number of benzene rings is 2. The van der Waals surface area contributed by atoms with E-state index < -0.39 is 11.1 Å². The molecule has 0 aliphatic heterocycles. The Balaban J connectivity index is 1.57. The van der Waals surface area contributed by atoms with Crippen molar-refractivity contribution in [3.8, 4) is 0 Å². The summed E-state index contributed by atoms with van der Waals surface area (Å²) >= 11 is 8.81. The molecule has 2 aromatic heterocycles. The second kappa shape index (κ2) is 6.86. The van der Waals surface area contributed by atoms with E-state index in [4.69, 9.17) is 11.6 Å². The minimum atomic E-state index is -0.453. The van der Waals surface area contributed by atoms with Crippen LogP contribution in [0.3, 0.4) is 0 Å². The van der Waals surface area contributed by atoms with Gasteiger partial charge < -0.3 is 5.32 Å². The third-order valence-corrected chi connectivity index (χ3v) is 6.12. The number of thioether (sulfide) groups is 1. The highest BCUT2D eigenvalue weighted by Gasteiger charge is 2.20. The first-order valence-electron chi connectivity index (χ1n) is 7.68. The Bertz CT molecular complexity index is 1130. The zero-order valence-electron chi connectivity index (χ0n) is 13.4. The van der Waals surface area contributed by atoms with Crippen molar-refractivity contribution in [3.63, 3.8) is 0 Å². The molecular formula is C17H12ClFN4OS2. The van der Waals surface area contributed by atoms with Crippen LogP contribution in [0.5, 0.6) is 0 Å². The molecule has 4 aromatic rings. The van der Waals surface area contributed by atoms with Crippen molar-refractivity contribution < 1.29 is 9.18 Å². The number of para-hydroxylation sites is 1. The summed E-state index contributed by atoms with van der Waals surface area (Å²) in [5.41, 5.74) is 1.38. The van der Waals surface area contributed by atoms with Gasteiger partial charge in [0.15, 0.2) is 5.16 Å². The van der Waals surface area contributed by atoms with E-state index in [9.17, 15) is 9.18 Å². The lowest BCUT2D eigenvalue weighted by atomic mass is 10.3. The monoisotopic (exact) mass is 406 g/mol. The molecule has 0 aliphatic rings. The first-order chi connectivity index (χ1) is 12.5. The van der Waals surface area contributed by atoms with E-state index in [0.29, 0.717) is 10.8 Å². The molecule has 1 amide bonds. The average Bonchev–Trinajstić information content (AvgIpc) is 3.17. The van der Waals surface area contributed by atoms with Crippen LogP contribution in [0.15, 0.2) is 47.6 Å². The number of fused-ring (bicyclic) bond motifs is 3. The Morgan fingerprint density at radius 3 is 2.92 bits per heavy atom. The van der Waals surface area contributed by atoms with Crippen molar-refractivity contribution in [1.29, 1.82) is 0 Å². The molecule has 5 nitrogen and oxygen atoms in total. The molecule has 4 rings (SSSR count). The number of nitrogens with one attached hydrogen (secondary N) is 1. The summed E-state index contributed by atoms with van der Waals surface area (Å²) in [5, 5.41) is 11.5. The molecule has 1 unspecified atom stereocenters. The van der Waals surface area contributed by atoms with Crippen LogP contribution in [0.1, 0.15) is 6.92 Å². The number of hydrogen-bond donors (Lipinski definition) is 1. The van der Waals surface area contributed by atoms with Crippen LogP contribution in [0.25, 0.3) is 15.2 Å². The highest BCUT2D eigenvalue weighted by molar-refractivity contribution is 8.00. The predicted molar refractivity (Wildman–Crippen MR) is 104 cm³/mol. The molecular weight excluding hydrogens is 395 g/mol. The van der Waals surface area contributed by atoms with Crippen molar-refractivity contribution in [3.05, 3.63) is 53.3 Å². The van der Waals surface area contributed by atoms with Crippen LogP contribution in [0, 0.1) is 5.82 Å². The van der Waals surface area contributed by atoms with Crippen LogP contribution < -0.4 is 5.32 Å². The Hall–Kier alpha value is -2.16. The van der Waals surface area contributed by atoms with Crippen molar-refractivity contribution in [1.82, 2.24) is 14.6 Å².